The molecule has 1 aliphatic carbocycles. The summed E-state index contributed by atoms with van der Waals surface area (Å²) in [7, 11) is 0. The fourth-order valence-electron chi connectivity index (χ4n) is 2.38. The van der Waals surface area contributed by atoms with Crippen LogP contribution in [0.2, 0.25) is 0 Å². The van der Waals surface area contributed by atoms with Crippen LogP contribution in [0.25, 0.3) is 0 Å². The summed E-state index contributed by atoms with van der Waals surface area (Å²) < 4.78 is 1.22. The van der Waals surface area contributed by atoms with Gasteiger partial charge in [-0.2, -0.15) is 0 Å². The summed E-state index contributed by atoms with van der Waals surface area (Å²) in [5, 5.41) is 0. The van der Waals surface area contributed by atoms with Gasteiger partial charge in [-0.15, -0.1) is 0 Å². The van der Waals surface area contributed by atoms with Crippen LogP contribution >= 0.6 is 22.6 Å². The zero-order chi connectivity index (χ0) is 11.1. The third-order valence-corrected chi connectivity index (χ3v) is 4.73. The van der Waals surface area contributed by atoms with Crippen LogP contribution in [0.1, 0.15) is 58.8 Å². The summed E-state index contributed by atoms with van der Waals surface area (Å²) in [4.78, 5) is 2.71. The van der Waals surface area contributed by atoms with Crippen LogP contribution in [0, 0.1) is 5.92 Å². The first kappa shape index (κ1) is 13.8. The molecule has 0 radical (unpaired) electrons. The number of nitrogens with zero attached hydrogens (tertiary/aromatic N) is 1. The van der Waals surface area contributed by atoms with Crippen LogP contribution in [0.15, 0.2) is 0 Å². The Balaban J connectivity index is 2.27. The average molecular weight is 323 g/mol. The van der Waals surface area contributed by atoms with Gasteiger partial charge in [0.2, 0.25) is 0 Å². The van der Waals surface area contributed by atoms with E-state index in [9.17, 15) is 0 Å². The lowest BCUT2D eigenvalue weighted by Gasteiger charge is -2.33. The van der Waals surface area contributed by atoms with Crippen molar-refractivity contribution >= 4 is 22.6 Å². The molecule has 0 aromatic rings. The number of halogens is 1. The highest BCUT2D eigenvalue weighted by molar-refractivity contribution is 14.1. The third kappa shape index (κ3) is 5.03. The minimum absolute atomic E-state index is 0.902. The Morgan fingerprint density at radius 2 is 1.93 bits per heavy atom. The zero-order valence-electron chi connectivity index (χ0n) is 10.3. The number of hydrogen-bond acceptors (Lipinski definition) is 1. The molecule has 1 rings (SSSR count). The van der Waals surface area contributed by atoms with Crippen LogP contribution in [0.5, 0.6) is 0 Å². The molecule has 15 heavy (non-hydrogen) atoms. The fraction of sp³-hybridized carbons (Fsp3) is 1.00. The van der Waals surface area contributed by atoms with Crippen molar-refractivity contribution in [2.75, 3.05) is 11.1 Å². The lowest BCUT2D eigenvalue weighted by atomic mass is 9.94. The molecular formula is C13H26IN. The highest BCUT2D eigenvalue weighted by Crippen LogP contribution is 2.24. The molecule has 1 atom stereocenters. The van der Waals surface area contributed by atoms with E-state index in [0.717, 1.165) is 12.0 Å². The maximum atomic E-state index is 2.71. The Labute approximate surface area is 109 Å². The summed E-state index contributed by atoms with van der Waals surface area (Å²) in [6.45, 7) is 6.01. The highest BCUT2D eigenvalue weighted by atomic mass is 127. The summed E-state index contributed by atoms with van der Waals surface area (Å²) in [5.74, 6) is 0.902. The molecule has 0 heterocycles. The first-order valence-electron chi connectivity index (χ1n) is 6.58. The second-order valence-corrected chi connectivity index (χ2v) is 5.71. The number of hydrogen-bond donors (Lipinski definition) is 0. The van der Waals surface area contributed by atoms with Gasteiger partial charge in [0.15, 0.2) is 0 Å². The van der Waals surface area contributed by atoms with Crippen molar-refractivity contribution in [1.82, 2.24) is 4.90 Å². The lowest BCUT2D eigenvalue weighted by Crippen LogP contribution is -2.36. The minimum atomic E-state index is 0.902. The van der Waals surface area contributed by atoms with Gasteiger partial charge in [-0.25, -0.2) is 0 Å². The van der Waals surface area contributed by atoms with E-state index in [4.69, 9.17) is 0 Å². The standard InChI is InChI=1S/C13H26IN/c1-3-12(2)9-10-15(11-14)13-7-5-4-6-8-13/h12-13H,3-11H2,1-2H3. The molecule has 90 valence electrons. The normalized spacial score (nSPS) is 20.8. The van der Waals surface area contributed by atoms with Gasteiger partial charge < -0.3 is 0 Å². The molecule has 0 amide bonds. The van der Waals surface area contributed by atoms with E-state index in [1.165, 1.54) is 56.0 Å². The van der Waals surface area contributed by atoms with E-state index in [1.54, 1.807) is 0 Å². The highest BCUT2D eigenvalue weighted by Gasteiger charge is 2.20. The molecule has 0 saturated heterocycles. The Kier molecular flexibility index (Phi) is 7.23. The van der Waals surface area contributed by atoms with Gasteiger partial charge in [0.1, 0.15) is 0 Å². The summed E-state index contributed by atoms with van der Waals surface area (Å²) in [6, 6.07) is 0.903. The van der Waals surface area contributed by atoms with E-state index in [0.29, 0.717) is 0 Å². The minimum Gasteiger partial charge on any atom is -0.291 e. The van der Waals surface area contributed by atoms with E-state index in [-0.39, 0.29) is 0 Å². The third-order valence-electron chi connectivity index (χ3n) is 3.85. The van der Waals surface area contributed by atoms with Gasteiger partial charge >= 0.3 is 0 Å². The topological polar surface area (TPSA) is 3.24 Å². The zero-order valence-corrected chi connectivity index (χ0v) is 12.5. The van der Waals surface area contributed by atoms with Crippen molar-refractivity contribution in [3.8, 4) is 0 Å². The molecule has 0 aromatic heterocycles. The average Bonchev–Trinajstić information content (AvgIpc) is 2.31. The van der Waals surface area contributed by atoms with Crippen molar-refractivity contribution in [1.29, 1.82) is 0 Å². The Hall–Kier alpha value is 0.690. The molecule has 0 spiro atoms. The SMILES string of the molecule is CCC(C)CCN(CI)C1CCCCC1. The van der Waals surface area contributed by atoms with E-state index >= 15 is 0 Å². The van der Waals surface area contributed by atoms with Crippen molar-refractivity contribution in [2.45, 2.75) is 64.8 Å². The molecule has 1 fully saturated rings. The molecule has 0 aromatic carbocycles. The molecule has 1 saturated carbocycles. The number of alkyl halides is 1. The number of rotatable bonds is 6. The molecule has 2 heteroatoms. The second-order valence-electron chi connectivity index (χ2n) is 5.03. The van der Waals surface area contributed by atoms with Crippen molar-refractivity contribution in [2.24, 2.45) is 5.92 Å². The van der Waals surface area contributed by atoms with Crippen LogP contribution < -0.4 is 0 Å². The molecule has 0 aliphatic heterocycles. The largest absolute Gasteiger partial charge is 0.291 e. The molecule has 1 nitrogen and oxygen atoms in total. The van der Waals surface area contributed by atoms with E-state index in [1.807, 2.05) is 0 Å². The van der Waals surface area contributed by atoms with Gasteiger partial charge in [0, 0.05) is 6.04 Å². The lowest BCUT2D eigenvalue weighted by molar-refractivity contribution is 0.177. The fourth-order valence-corrected chi connectivity index (χ4v) is 3.27. The van der Waals surface area contributed by atoms with Crippen LogP contribution in [-0.2, 0) is 0 Å². The van der Waals surface area contributed by atoms with Gasteiger partial charge in [-0.1, -0.05) is 62.1 Å². The summed E-state index contributed by atoms with van der Waals surface area (Å²) in [5.41, 5.74) is 0. The predicted octanol–water partition coefficient (Wildman–Crippen LogP) is 4.45. The molecule has 0 N–H and O–H groups in total. The summed E-state index contributed by atoms with van der Waals surface area (Å²) >= 11 is 2.54. The molecule has 1 unspecified atom stereocenters. The van der Waals surface area contributed by atoms with E-state index < -0.39 is 0 Å². The predicted molar refractivity (Wildman–Crippen MR) is 76.5 cm³/mol. The Morgan fingerprint density at radius 3 is 2.47 bits per heavy atom. The molecule has 0 bridgehead atoms. The summed E-state index contributed by atoms with van der Waals surface area (Å²) in [6.07, 6.45) is 10.0. The molecular weight excluding hydrogens is 297 g/mol. The maximum Gasteiger partial charge on any atom is 0.0508 e. The van der Waals surface area contributed by atoms with Gasteiger partial charge in [-0.05, 0) is 31.7 Å². The van der Waals surface area contributed by atoms with Gasteiger partial charge in [-0.3, -0.25) is 4.90 Å². The van der Waals surface area contributed by atoms with Crippen molar-refractivity contribution < 1.29 is 0 Å². The van der Waals surface area contributed by atoms with E-state index in [2.05, 4.69) is 41.3 Å². The van der Waals surface area contributed by atoms with Gasteiger partial charge in [0.05, 0.1) is 4.55 Å². The smallest absolute Gasteiger partial charge is 0.0508 e. The second kappa shape index (κ2) is 7.88. The van der Waals surface area contributed by atoms with Crippen LogP contribution in [0.4, 0.5) is 0 Å². The van der Waals surface area contributed by atoms with Crippen LogP contribution in [-0.4, -0.2) is 22.0 Å². The Bertz CT molecular complexity index is 155. The van der Waals surface area contributed by atoms with Crippen molar-refractivity contribution in [3.63, 3.8) is 0 Å². The van der Waals surface area contributed by atoms with Crippen molar-refractivity contribution in [3.05, 3.63) is 0 Å². The van der Waals surface area contributed by atoms with Crippen LogP contribution in [0.3, 0.4) is 0 Å². The quantitative estimate of drug-likeness (QED) is 0.396. The van der Waals surface area contributed by atoms with Gasteiger partial charge in [0.25, 0.3) is 0 Å². The maximum absolute atomic E-state index is 2.71. The molecule has 1 aliphatic rings. The monoisotopic (exact) mass is 323 g/mol. The first-order chi connectivity index (χ1) is 7.27. The Morgan fingerprint density at radius 1 is 1.27 bits per heavy atom. The first-order valence-corrected chi connectivity index (χ1v) is 8.10.